The van der Waals surface area contributed by atoms with Gasteiger partial charge in [0.15, 0.2) is 0 Å². The second kappa shape index (κ2) is 6.76. The first-order valence-electron chi connectivity index (χ1n) is 7.49. The Bertz CT molecular complexity index is 511. The van der Waals surface area contributed by atoms with Crippen LogP contribution < -0.4 is 5.32 Å². The van der Waals surface area contributed by atoms with Crippen molar-refractivity contribution in [3.8, 4) is 0 Å². The first kappa shape index (κ1) is 14.1. The predicted molar refractivity (Wildman–Crippen MR) is 83.6 cm³/mol. The molecule has 1 heterocycles. The lowest BCUT2D eigenvalue weighted by Gasteiger charge is -2.06. The molecule has 0 aliphatic heterocycles. The summed E-state index contributed by atoms with van der Waals surface area (Å²) in [6.07, 6.45) is 4.64. The van der Waals surface area contributed by atoms with Crippen LogP contribution in [-0.2, 0) is 13.0 Å². The lowest BCUT2D eigenvalue weighted by molar-refractivity contribution is 0.554. The third kappa shape index (κ3) is 3.60. The van der Waals surface area contributed by atoms with Crippen LogP contribution in [0.2, 0.25) is 0 Å². The quantitative estimate of drug-likeness (QED) is 0.747. The molecule has 0 saturated heterocycles. The van der Waals surface area contributed by atoms with Crippen LogP contribution in [0.3, 0.4) is 0 Å². The number of nitrogens with zero attached hydrogens (tertiary/aromatic N) is 1. The van der Waals surface area contributed by atoms with Gasteiger partial charge in [0.2, 0.25) is 0 Å². The van der Waals surface area contributed by atoms with E-state index in [1.807, 2.05) is 0 Å². The molecule has 2 nitrogen and oxygen atoms in total. The molecule has 19 heavy (non-hydrogen) atoms. The molecule has 2 rings (SSSR count). The summed E-state index contributed by atoms with van der Waals surface area (Å²) in [4.78, 5) is 0. The lowest BCUT2D eigenvalue weighted by Crippen LogP contribution is -2.22. The Balaban J connectivity index is 2.09. The van der Waals surface area contributed by atoms with Crippen molar-refractivity contribution in [1.29, 1.82) is 0 Å². The zero-order chi connectivity index (χ0) is 13.7. The molecule has 104 valence electrons. The second-order valence-corrected chi connectivity index (χ2v) is 5.71. The maximum atomic E-state index is 3.53. The van der Waals surface area contributed by atoms with E-state index >= 15 is 0 Å². The average Bonchev–Trinajstić information content (AvgIpc) is 2.74. The summed E-state index contributed by atoms with van der Waals surface area (Å²) in [5.41, 5.74) is 2.85. The molecule has 1 N–H and O–H groups in total. The lowest BCUT2D eigenvalue weighted by atomic mass is 10.1. The highest BCUT2D eigenvalue weighted by molar-refractivity contribution is 5.84. The van der Waals surface area contributed by atoms with Crippen LogP contribution in [-0.4, -0.2) is 17.7 Å². The van der Waals surface area contributed by atoms with Crippen LogP contribution in [0.4, 0.5) is 0 Å². The molecule has 2 aromatic rings. The number of fused-ring (bicyclic) bond motifs is 1. The zero-order valence-corrected chi connectivity index (χ0v) is 12.4. The van der Waals surface area contributed by atoms with Crippen molar-refractivity contribution >= 4 is 10.9 Å². The van der Waals surface area contributed by atoms with Gasteiger partial charge in [-0.1, -0.05) is 39.0 Å². The first-order chi connectivity index (χ1) is 9.22. The zero-order valence-electron chi connectivity index (χ0n) is 12.4. The van der Waals surface area contributed by atoms with Crippen molar-refractivity contribution < 1.29 is 0 Å². The minimum absolute atomic E-state index is 0.724. The molecule has 0 saturated carbocycles. The standard InChI is InChI=1S/C17H26N2/c1-4-11-19-13-15(9-10-18-12-14(2)3)16-7-5-6-8-17(16)19/h5-8,13-14,18H,4,9-12H2,1-3H3. The molecule has 1 aromatic heterocycles. The molecular weight excluding hydrogens is 232 g/mol. The van der Waals surface area contributed by atoms with Gasteiger partial charge >= 0.3 is 0 Å². The number of benzene rings is 1. The van der Waals surface area contributed by atoms with E-state index in [0.717, 1.165) is 32.0 Å². The van der Waals surface area contributed by atoms with E-state index in [9.17, 15) is 0 Å². The Morgan fingerprint density at radius 2 is 2.00 bits per heavy atom. The Kier molecular flexibility index (Phi) is 5.03. The first-order valence-corrected chi connectivity index (χ1v) is 7.49. The fourth-order valence-corrected chi connectivity index (χ4v) is 2.56. The van der Waals surface area contributed by atoms with Gasteiger partial charge in [0, 0.05) is 23.6 Å². The Labute approximate surface area is 116 Å². The minimum Gasteiger partial charge on any atom is -0.347 e. The largest absolute Gasteiger partial charge is 0.347 e. The summed E-state index contributed by atoms with van der Waals surface area (Å²) in [6.45, 7) is 10.0. The van der Waals surface area contributed by atoms with E-state index in [2.05, 4.69) is 61.1 Å². The summed E-state index contributed by atoms with van der Waals surface area (Å²) < 4.78 is 2.40. The summed E-state index contributed by atoms with van der Waals surface area (Å²) in [5, 5.41) is 4.95. The van der Waals surface area contributed by atoms with Crippen molar-refractivity contribution in [2.45, 2.75) is 40.2 Å². The van der Waals surface area contributed by atoms with Gasteiger partial charge in [-0.05, 0) is 43.5 Å². The number of rotatable bonds is 7. The molecule has 0 aliphatic rings. The summed E-state index contributed by atoms with van der Waals surface area (Å²) in [5.74, 6) is 0.724. The van der Waals surface area contributed by atoms with Gasteiger partial charge in [0.05, 0.1) is 0 Å². The van der Waals surface area contributed by atoms with Gasteiger partial charge in [0.25, 0.3) is 0 Å². The maximum Gasteiger partial charge on any atom is 0.0483 e. The number of hydrogen-bond acceptors (Lipinski definition) is 1. The molecule has 0 fully saturated rings. The summed E-state index contributed by atoms with van der Waals surface area (Å²) in [7, 11) is 0. The summed E-state index contributed by atoms with van der Waals surface area (Å²) >= 11 is 0. The number of aryl methyl sites for hydroxylation is 1. The topological polar surface area (TPSA) is 17.0 Å². The molecule has 0 spiro atoms. The predicted octanol–water partition coefficient (Wildman–Crippen LogP) is 3.84. The van der Waals surface area contributed by atoms with Crippen molar-refractivity contribution in [2.75, 3.05) is 13.1 Å². The van der Waals surface area contributed by atoms with Gasteiger partial charge in [-0.25, -0.2) is 0 Å². The van der Waals surface area contributed by atoms with Crippen LogP contribution in [0, 0.1) is 5.92 Å². The van der Waals surface area contributed by atoms with Gasteiger partial charge in [-0.2, -0.15) is 0 Å². The number of para-hydroxylation sites is 1. The van der Waals surface area contributed by atoms with Crippen molar-refractivity contribution in [3.05, 3.63) is 36.0 Å². The van der Waals surface area contributed by atoms with Gasteiger partial charge in [-0.3, -0.25) is 0 Å². The van der Waals surface area contributed by atoms with Crippen LogP contribution in [0.25, 0.3) is 10.9 Å². The van der Waals surface area contributed by atoms with Gasteiger partial charge in [0.1, 0.15) is 0 Å². The molecule has 0 amide bonds. The Morgan fingerprint density at radius 1 is 1.21 bits per heavy atom. The fraction of sp³-hybridized carbons (Fsp3) is 0.529. The normalized spacial score (nSPS) is 11.6. The van der Waals surface area contributed by atoms with Crippen LogP contribution in [0.15, 0.2) is 30.5 Å². The highest BCUT2D eigenvalue weighted by Gasteiger charge is 2.07. The van der Waals surface area contributed by atoms with E-state index in [4.69, 9.17) is 0 Å². The van der Waals surface area contributed by atoms with E-state index in [1.54, 1.807) is 0 Å². The minimum atomic E-state index is 0.724. The van der Waals surface area contributed by atoms with E-state index in [0.29, 0.717) is 0 Å². The molecule has 0 aliphatic carbocycles. The molecule has 0 radical (unpaired) electrons. The van der Waals surface area contributed by atoms with Crippen molar-refractivity contribution in [3.63, 3.8) is 0 Å². The second-order valence-electron chi connectivity index (χ2n) is 5.71. The highest BCUT2D eigenvalue weighted by Crippen LogP contribution is 2.21. The number of nitrogens with one attached hydrogen (secondary N) is 1. The van der Waals surface area contributed by atoms with Crippen LogP contribution in [0.1, 0.15) is 32.8 Å². The smallest absolute Gasteiger partial charge is 0.0483 e. The maximum absolute atomic E-state index is 3.53. The van der Waals surface area contributed by atoms with Gasteiger partial charge in [-0.15, -0.1) is 0 Å². The Morgan fingerprint density at radius 3 is 2.74 bits per heavy atom. The number of hydrogen-bond donors (Lipinski definition) is 1. The monoisotopic (exact) mass is 258 g/mol. The SMILES string of the molecule is CCCn1cc(CCNCC(C)C)c2ccccc21. The molecule has 0 unspecified atom stereocenters. The molecule has 0 atom stereocenters. The van der Waals surface area contributed by atoms with Crippen LogP contribution >= 0.6 is 0 Å². The van der Waals surface area contributed by atoms with Gasteiger partial charge < -0.3 is 9.88 Å². The molecule has 1 aromatic carbocycles. The van der Waals surface area contributed by atoms with Crippen molar-refractivity contribution in [1.82, 2.24) is 9.88 Å². The van der Waals surface area contributed by atoms with Crippen molar-refractivity contribution in [2.24, 2.45) is 5.92 Å². The molecule has 2 heteroatoms. The third-order valence-corrected chi connectivity index (χ3v) is 3.46. The molecular formula is C17H26N2. The fourth-order valence-electron chi connectivity index (χ4n) is 2.56. The van der Waals surface area contributed by atoms with E-state index in [1.165, 1.54) is 22.9 Å². The Hall–Kier alpha value is -1.28. The van der Waals surface area contributed by atoms with E-state index in [-0.39, 0.29) is 0 Å². The van der Waals surface area contributed by atoms with E-state index < -0.39 is 0 Å². The van der Waals surface area contributed by atoms with Crippen LogP contribution in [0.5, 0.6) is 0 Å². The highest BCUT2D eigenvalue weighted by atomic mass is 15.0. The average molecular weight is 258 g/mol. The number of aromatic nitrogens is 1. The molecule has 0 bridgehead atoms. The third-order valence-electron chi connectivity index (χ3n) is 3.46. The summed E-state index contributed by atoms with van der Waals surface area (Å²) in [6, 6.07) is 8.76.